The third kappa shape index (κ3) is 2.66. The van der Waals surface area contributed by atoms with Crippen LogP contribution in [-0.2, 0) is 18.9 Å². The molecule has 90 valence electrons. The van der Waals surface area contributed by atoms with Crippen molar-refractivity contribution in [2.45, 2.75) is 30.7 Å². The molecule has 1 heterocycles. The van der Waals surface area contributed by atoms with Gasteiger partial charge in [0, 0.05) is 21.3 Å². The van der Waals surface area contributed by atoms with Crippen LogP contribution in [0.1, 0.15) is 2.74 Å². The van der Waals surface area contributed by atoms with Gasteiger partial charge in [-0.05, 0) is 0 Å². The summed E-state index contributed by atoms with van der Waals surface area (Å²) in [5, 5.41) is 19.5. The fourth-order valence-corrected chi connectivity index (χ4v) is 1.56. The Hall–Kier alpha value is -0.240. The Bertz CT molecular complexity index is 220. The van der Waals surface area contributed by atoms with Crippen molar-refractivity contribution in [3.8, 4) is 0 Å². The molecule has 2 N–H and O–H groups in total. The van der Waals surface area contributed by atoms with E-state index >= 15 is 0 Å². The summed E-state index contributed by atoms with van der Waals surface area (Å²) in [5.74, 6) is 0. The minimum atomic E-state index is -1.25. The number of aliphatic hydroxyl groups excluding tert-OH is 2. The van der Waals surface area contributed by atoms with Crippen molar-refractivity contribution in [2.24, 2.45) is 0 Å². The lowest BCUT2D eigenvalue weighted by Gasteiger charge is -2.41. The molecule has 0 aromatic rings. The van der Waals surface area contributed by atoms with Gasteiger partial charge in [-0.25, -0.2) is 0 Å². The Morgan fingerprint density at radius 3 is 2.67 bits per heavy atom. The van der Waals surface area contributed by atoms with Crippen molar-refractivity contribution in [2.75, 3.05) is 27.9 Å². The van der Waals surface area contributed by atoms with Crippen molar-refractivity contribution < 1.29 is 31.9 Å². The van der Waals surface area contributed by atoms with Gasteiger partial charge in [0.05, 0.1) is 9.35 Å². The van der Waals surface area contributed by atoms with E-state index in [0.29, 0.717) is 0 Å². The first-order valence-electron chi connectivity index (χ1n) is 5.89. The van der Waals surface area contributed by atoms with Gasteiger partial charge in [0.2, 0.25) is 0 Å². The molecule has 0 radical (unpaired) electrons. The lowest BCUT2D eigenvalue weighted by Crippen LogP contribution is -2.59. The van der Waals surface area contributed by atoms with E-state index < -0.39 is 30.7 Å². The van der Waals surface area contributed by atoms with Crippen molar-refractivity contribution >= 4 is 0 Å². The average molecular weight is 224 g/mol. The van der Waals surface area contributed by atoms with Crippen LogP contribution < -0.4 is 0 Å². The van der Waals surface area contributed by atoms with E-state index in [1.807, 2.05) is 0 Å². The molecule has 6 heteroatoms. The lowest BCUT2D eigenvalue weighted by molar-refractivity contribution is -0.299. The van der Waals surface area contributed by atoms with Gasteiger partial charge in [-0.15, -0.1) is 0 Å². The van der Waals surface area contributed by atoms with E-state index in [2.05, 4.69) is 0 Å². The molecular weight excluding hydrogens is 204 g/mol. The summed E-state index contributed by atoms with van der Waals surface area (Å²) in [6.07, 6.45) is -5.01. The zero-order valence-corrected chi connectivity index (χ0v) is 8.54. The van der Waals surface area contributed by atoms with Crippen LogP contribution in [0.4, 0.5) is 0 Å². The molecule has 0 aliphatic carbocycles. The standard InChI is InChI=1S/C9H18O6/c1-12-4-5-8(13-2)6(10)7(11)9(14-3)15-5/h5-11H,4H2,1-3H3/t5-,6-,7-,8-,9?/m1/s1/i1D,2D. The first-order chi connectivity index (χ1) is 8.15. The van der Waals surface area contributed by atoms with Crippen molar-refractivity contribution in [1.82, 2.24) is 0 Å². The van der Waals surface area contributed by atoms with Gasteiger partial charge in [0.1, 0.15) is 24.4 Å². The number of hydrogen-bond acceptors (Lipinski definition) is 6. The van der Waals surface area contributed by atoms with Crippen LogP contribution >= 0.6 is 0 Å². The normalized spacial score (nSPS) is 43.5. The molecule has 0 amide bonds. The van der Waals surface area contributed by atoms with Crippen LogP contribution in [0.5, 0.6) is 0 Å². The van der Waals surface area contributed by atoms with Crippen LogP contribution in [0.2, 0.25) is 0 Å². The van der Waals surface area contributed by atoms with E-state index in [1.54, 1.807) is 0 Å². The number of hydrogen-bond donors (Lipinski definition) is 2. The van der Waals surface area contributed by atoms with Gasteiger partial charge in [0.25, 0.3) is 0 Å². The van der Waals surface area contributed by atoms with Crippen LogP contribution in [0.3, 0.4) is 0 Å². The Labute approximate surface area is 91.5 Å². The first-order valence-corrected chi connectivity index (χ1v) is 4.48. The van der Waals surface area contributed by atoms with Gasteiger partial charge >= 0.3 is 0 Å². The summed E-state index contributed by atoms with van der Waals surface area (Å²) in [5.41, 5.74) is 0. The predicted octanol–water partition coefficient (Wildman–Crippen LogP) is -1.26. The van der Waals surface area contributed by atoms with E-state index in [9.17, 15) is 10.2 Å². The number of ether oxygens (including phenoxy) is 4. The Morgan fingerprint density at radius 1 is 1.27 bits per heavy atom. The van der Waals surface area contributed by atoms with Gasteiger partial charge < -0.3 is 29.2 Å². The lowest BCUT2D eigenvalue weighted by atomic mass is 9.99. The molecule has 1 aliphatic rings. The topological polar surface area (TPSA) is 77.4 Å². The monoisotopic (exact) mass is 224 g/mol. The molecular formula is C9H18O6. The largest absolute Gasteiger partial charge is 0.387 e. The van der Waals surface area contributed by atoms with E-state index in [1.165, 1.54) is 7.11 Å². The Kier molecular flexibility index (Phi) is 3.81. The number of aliphatic hydroxyl groups is 2. The van der Waals surface area contributed by atoms with Gasteiger partial charge in [-0.3, -0.25) is 0 Å². The fraction of sp³-hybridized carbons (Fsp3) is 1.00. The molecule has 0 aromatic carbocycles. The highest BCUT2D eigenvalue weighted by molar-refractivity contribution is 4.89. The summed E-state index contributed by atoms with van der Waals surface area (Å²) >= 11 is 0. The summed E-state index contributed by atoms with van der Waals surface area (Å²) in [6.45, 7) is 0.0256. The van der Waals surface area contributed by atoms with Crippen molar-refractivity contribution in [3.63, 3.8) is 0 Å². The third-order valence-electron chi connectivity index (χ3n) is 2.35. The molecule has 1 unspecified atom stereocenters. The molecule has 5 atom stereocenters. The van der Waals surface area contributed by atoms with Crippen LogP contribution in [0, 0.1) is 0 Å². The quantitative estimate of drug-likeness (QED) is 0.620. The zero-order valence-electron chi connectivity index (χ0n) is 10.5. The van der Waals surface area contributed by atoms with Gasteiger partial charge in [-0.1, -0.05) is 0 Å². The van der Waals surface area contributed by atoms with Gasteiger partial charge in [-0.2, -0.15) is 0 Å². The first kappa shape index (κ1) is 9.95. The highest BCUT2D eigenvalue weighted by Gasteiger charge is 2.44. The molecule has 1 fully saturated rings. The molecule has 15 heavy (non-hydrogen) atoms. The maximum atomic E-state index is 9.82. The maximum absolute atomic E-state index is 9.82. The van der Waals surface area contributed by atoms with E-state index in [0.717, 1.165) is 0 Å². The highest BCUT2D eigenvalue weighted by Crippen LogP contribution is 2.23. The van der Waals surface area contributed by atoms with Gasteiger partial charge in [0.15, 0.2) is 6.29 Å². The third-order valence-corrected chi connectivity index (χ3v) is 2.35. The van der Waals surface area contributed by atoms with E-state index in [-0.39, 0.29) is 20.8 Å². The summed E-state index contributed by atoms with van der Waals surface area (Å²) < 4.78 is 33.9. The molecule has 0 aromatic heterocycles. The zero-order chi connectivity index (χ0) is 12.8. The van der Waals surface area contributed by atoms with Crippen molar-refractivity contribution in [3.05, 3.63) is 0 Å². The summed E-state index contributed by atoms with van der Waals surface area (Å²) in [6, 6.07) is 0. The highest BCUT2D eigenvalue weighted by atomic mass is 16.7. The molecule has 6 nitrogen and oxygen atoms in total. The van der Waals surface area contributed by atoms with Crippen LogP contribution in [-0.4, -0.2) is 68.8 Å². The molecule has 1 aliphatic heterocycles. The number of rotatable bonds is 4. The molecule has 0 bridgehead atoms. The second kappa shape index (κ2) is 5.74. The fourth-order valence-electron chi connectivity index (χ4n) is 1.56. The molecule has 1 saturated heterocycles. The second-order valence-electron chi connectivity index (χ2n) is 3.26. The molecule has 0 spiro atoms. The minimum absolute atomic E-state index is 0.0256. The maximum Gasteiger partial charge on any atom is 0.186 e. The Balaban J connectivity index is 2.68. The van der Waals surface area contributed by atoms with E-state index in [4.69, 9.17) is 21.7 Å². The van der Waals surface area contributed by atoms with Crippen LogP contribution in [0.15, 0.2) is 0 Å². The summed E-state index contributed by atoms with van der Waals surface area (Å²) in [4.78, 5) is 0. The molecule has 0 saturated carbocycles. The van der Waals surface area contributed by atoms with Crippen molar-refractivity contribution in [1.29, 1.82) is 0 Å². The van der Waals surface area contributed by atoms with Crippen LogP contribution in [0.25, 0.3) is 0 Å². The summed E-state index contributed by atoms with van der Waals surface area (Å²) in [7, 11) is 0.727. The average Bonchev–Trinajstić information content (AvgIpc) is 2.34. The SMILES string of the molecule is [2H]COC[C@H]1OC(OC)[C@H](O)[C@@H](O)[C@@H]1OC[2H]. The second-order valence-corrected chi connectivity index (χ2v) is 3.26. The number of methoxy groups -OCH3 is 3. The molecule has 1 rings (SSSR count). The predicted molar refractivity (Wildman–Crippen MR) is 50.4 cm³/mol. The smallest absolute Gasteiger partial charge is 0.186 e. The minimum Gasteiger partial charge on any atom is -0.387 e. The Morgan fingerprint density at radius 2 is 2.07 bits per heavy atom.